The summed E-state index contributed by atoms with van der Waals surface area (Å²) in [7, 11) is -2.11. The first-order chi connectivity index (χ1) is 9.53. The maximum absolute atomic E-state index is 12.3. The molecular formula is C14H28N2O4S. The van der Waals surface area contributed by atoms with Crippen LogP contribution in [0.15, 0.2) is 0 Å². The molecular weight excluding hydrogens is 292 g/mol. The third-order valence-electron chi connectivity index (χ3n) is 3.55. The lowest BCUT2D eigenvalue weighted by atomic mass is 9.96. The monoisotopic (exact) mass is 320 g/mol. The van der Waals surface area contributed by atoms with Gasteiger partial charge in [-0.2, -0.15) is 17.4 Å². The number of ether oxygens (including phenoxy) is 1. The Labute approximate surface area is 128 Å². The van der Waals surface area contributed by atoms with Gasteiger partial charge in [0.1, 0.15) is 11.6 Å². The van der Waals surface area contributed by atoms with Crippen LogP contribution in [0.2, 0.25) is 0 Å². The van der Waals surface area contributed by atoms with Gasteiger partial charge in [0.05, 0.1) is 0 Å². The van der Waals surface area contributed by atoms with Crippen LogP contribution in [0.5, 0.6) is 0 Å². The Morgan fingerprint density at radius 1 is 1.24 bits per heavy atom. The maximum atomic E-state index is 12.3. The van der Waals surface area contributed by atoms with E-state index in [1.54, 1.807) is 27.8 Å². The van der Waals surface area contributed by atoms with Gasteiger partial charge < -0.3 is 4.74 Å². The van der Waals surface area contributed by atoms with Gasteiger partial charge in [0.25, 0.3) is 10.2 Å². The molecule has 1 fully saturated rings. The Balaban J connectivity index is 2.64. The fourth-order valence-corrected chi connectivity index (χ4v) is 3.70. The molecule has 1 saturated carbocycles. The van der Waals surface area contributed by atoms with Crippen LogP contribution in [0.4, 0.5) is 0 Å². The number of hydrogen-bond donors (Lipinski definition) is 1. The summed E-state index contributed by atoms with van der Waals surface area (Å²) in [5, 5.41) is 0. The number of hydrogen-bond acceptors (Lipinski definition) is 4. The molecule has 0 unspecified atom stereocenters. The molecule has 0 aromatic carbocycles. The molecule has 0 saturated heterocycles. The zero-order chi connectivity index (χ0) is 16.3. The Bertz CT molecular complexity index is 450. The maximum Gasteiger partial charge on any atom is 0.324 e. The quantitative estimate of drug-likeness (QED) is 0.784. The van der Waals surface area contributed by atoms with E-state index < -0.39 is 27.8 Å². The highest BCUT2D eigenvalue weighted by Gasteiger charge is 2.31. The van der Waals surface area contributed by atoms with Gasteiger partial charge in [-0.3, -0.25) is 4.79 Å². The summed E-state index contributed by atoms with van der Waals surface area (Å²) in [6, 6.07) is -0.887. The fourth-order valence-electron chi connectivity index (χ4n) is 2.39. The third kappa shape index (κ3) is 5.92. The van der Waals surface area contributed by atoms with Crippen LogP contribution in [-0.2, 0) is 19.7 Å². The molecule has 0 bridgehead atoms. The van der Waals surface area contributed by atoms with E-state index in [0.717, 1.165) is 32.1 Å². The SMILES string of the molecule is C[C@H](NS(=O)(=O)N(C)C1CCCCC1)C(=O)OC(C)(C)C. The zero-order valence-corrected chi connectivity index (χ0v) is 14.5. The summed E-state index contributed by atoms with van der Waals surface area (Å²) in [6.45, 7) is 6.75. The zero-order valence-electron chi connectivity index (χ0n) is 13.7. The Morgan fingerprint density at radius 3 is 2.24 bits per heavy atom. The van der Waals surface area contributed by atoms with Gasteiger partial charge in [-0.15, -0.1) is 0 Å². The number of nitrogens with zero attached hydrogens (tertiary/aromatic N) is 1. The Hall–Kier alpha value is -0.660. The van der Waals surface area contributed by atoms with E-state index in [0.29, 0.717) is 0 Å². The molecule has 0 amide bonds. The molecule has 1 aliphatic carbocycles. The molecule has 21 heavy (non-hydrogen) atoms. The molecule has 6 nitrogen and oxygen atoms in total. The smallest absolute Gasteiger partial charge is 0.324 e. The highest BCUT2D eigenvalue weighted by atomic mass is 32.2. The minimum Gasteiger partial charge on any atom is -0.459 e. The third-order valence-corrected chi connectivity index (χ3v) is 5.26. The molecule has 7 heteroatoms. The van der Waals surface area contributed by atoms with Crippen molar-refractivity contribution in [3.63, 3.8) is 0 Å². The van der Waals surface area contributed by atoms with E-state index >= 15 is 0 Å². The molecule has 124 valence electrons. The molecule has 1 aliphatic rings. The minimum atomic E-state index is -3.68. The average Bonchev–Trinajstić information content (AvgIpc) is 2.36. The Kier molecular flexibility index (Phi) is 6.19. The van der Waals surface area contributed by atoms with Gasteiger partial charge in [0, 0.05) is 13.1 Å². The topological polar surface area (TPSA) is 75.7 Å². The number of esters is 1. The summed E-state index contributed by atoms with van der Waals surface area (Å²) in [5.41, 5.74) is -0.633. The van der Waals surface area contributed by atoms with E-state index in [2.05, 4.69) is 4.72 Å². The molecule has 1 N–H and O–H groups in total. The minimum absolute atomic E-state index is 0.0158. The second-order valence-electron chi connectivity index (χ2n) is 6.69. The highest BCUT2D eigenvalue weighted by Crippen LogP contribution is 2.23. The highest BCUT2D eigenvalue weighted by molar-refractivity contribution is 7.87. The first-order valence-corrected chi connectivity index (χ1v) is 8.95. The molecule has 0 spiro atoms. The van der Waals surface area contributed by atoms with Crippen LogP contribution in [0, 0.1) is 0 Å². The van der Waals surface area contributed by atoms with Crippen molar-refractivity contribution in [1.82, 2.24) is 9.03 Å². The van der Waals surface area contributed by atoms with Crippen molar-refractivity contribution in [1.29, 1.82) is 0 Å². The molecule has 0 aliphatic heterocycles. The first kappa shape index (κ1) is 18.4. The standard InChI is InChI=1S/C14H28N2O4S/c1-11(13(17)20-14(2,3)4)15-21(18,19)16(5)12-9-7-6-8-10-12/h11-12,15H,6-10H2,1-5H3/t11-/m0/s1. The van der Waals surface area contributed by atoms with Crippen molar-refractivity contribution >= 4 is 16.2 Å². The summed E-state index contributed by atoms with van der Waals surface area (Å²) in [4.78, 5) is 11.9. The Morgan fingerprint density at radius 2 is 1.76 bits per heavy atom. The fraction of sp³-hybridized carbons (Fsp3) is 0.929. The summed E-state index contributed by atoms with van der Waals surface area (Å²) in [5.74, 6) is -0.567. The molecule has 0 aromatic heterocycles. The molecule has 0 heterocycles. The lowest BCUT2D eigenvalue weighted by molar-refractivity contribution is -0.156. The van der Waals surface area contributed by atoms with Gasteiger partial charge in [-0.05, 0) is 40.5 Å². The van der Waals surface area contributed by atoms with Gasteiger partial charge in [-0.25, -0.2) is 0 Å². The van der Waals surface area contributed by atoms with Crippen molar-refractivity contribution in [2.75, 3.05) is 7.05 Å². The van der Waals surface area contributed by atoms with Gasteiger partial charge in [-0.1, -0.05) is 19.3 Å². The lowest BCUT2D eigenvalue weighted by Crippen LogP contribution is -2.50. The summed E-state index contributed by atoms with van der Waals surface area (Å²) >= 11 is 0. The van der Waals surface area contributed by atoms with Crippen molar-refractivity contribution in [3.05, 3.63) is 0 Å². The van der Waals surface area contributed by atoms with Gasteiger partial charge >= 0.3 is 5.97 Å². The van der Waals surface area contributed by atoms with E-state index in [1.807, 2.05) is 0 Å². The predicted octanol–water partition coefficient (Wildman–Crippen LogP) is 1.82. The van der Waals surface area contributed by atoms with Crippen LogP contribution < -0.4 is 4.72 Å². The van der Waals surface area contributed by atoms with Crippen molar-refractivity contribution in [3.8, 4) is 0 Å². The second kappa shape index (κ2) is 7.07. The van der Waals surface area contributed by atoms with Crippen molar-refractivity contribution in [2.45, 2.75) is 77.5 Å². The van der Waals surface area contributed by atoms with Crippen molar-refractivity contribution < 1.29 is 17.9 Å². The van der Waals surface area contributed by atoms with Crippen LogP contribution in [0.3, 0.4) is 0 Å². The van der Waals surface area contributed by atoms with Gasteiger partial charge in [0.15, 0.2) is 0 Å². The lowest BCUT2D eigenvalue weighted by Gasteiger charge is -2.31. The van der Waals surface area contributed by atoms with Crippen LogP contribution in [0.25, 0.3) is 0 Å². The molecule has 1 rings (SSSR count). The molecule has 0 radical (unpaired) electrons. The summed E-state index contributed by atoms with van der Waals surface area (Å²) in [6.07, 6.45) is 5.00. The number of rotatable bonds is 5. The first-order valence-electron chi connectivity index (χ1n) is 7.51. The largest absolute Gasteiger partial charge is 0.459 e. The van der Waals surface area contributed by atoms with E-state index in [4.69, 9.17) is 4.74 Å². The van der Waals surface area contributed by atoms with Gasteiger partial charge in [0.2, 0.25) is 0 Å². The van der Waals surface area contributed by atoms with Crippen LogP contribution >= 0.6 is 0 Å². The molecule has 1 atom stereocenters. The summed E-state index contributed by atoms with van der Waals surface area (Å²) < 4.78 is 33.6. The van der Waals surface area contributed by atoms with E-state index in [1.165, 1.54) is 11.2 Å². The second-order valence-corrected chi connectivity index (χ2v) is 8.45. The average molecular weight is 320 g/mol. The number of carbonyl (C=O) groups is 1. The predicted molar refractivity (Wildman–Crippen MR) is 82.0 cm³/mol. The van der Waals surface area contributed by atoms with E-state index in [9.17, 15) is 13.2 Å². The molecule has 0 aromatic rings. The number of nitrogens with one attached hydrogen (secondary N) is 1. The number of carbonyl (C=O) groups excluding carboxylic acids is 1. The van der Waals surface area contributed by atoms with Crippen LogP contribution in [-0.4, -0.2) is 43.4 Å². The van der Waals surface area contributed by atoms with Crippen molar-refractivity contribution in [2.24, 2.45) is 0 Å². The van der Waals surface area contributed by atoms with E-state index in [-0.39, 0.29) is 6.04 Å². The van der Waals surface area contributed by atoms with Crippen LogP contribution in [0.1, 0.15) is 59.8 Å². The normalized spacial score (nSPS) is 19.5.